The Kier molecular flexibility index (Phi) is 3.82. The molecule has 2 rings (SSSR count). The Morgan fingerprint density at radius 2 is 2.16 bits per heavy atom. The number of methoxy groups -OCH3 is 1. The van der Waals surface area contributed by atoms with Gasteiger partial charge in [0, 0.05) is 7.05 Å². The van der Waals surface area contributed by atoms with Gasteiger partial charge >= 0.3 is 0 Å². The minimum atomic E-state index is -0.417. The minimum absolute atomic E-state index is 0.209. The highest BCUT2D eigenvalue weighted by molar-refractivity contribution is 5.35. The molecule has 1 aromatic heterocycles. The molecule has 5 nitrogen and oxygen atoms in total. The molecular formula is C13H17FN4O. The highest BCUT2D eigenvalue weighted by atomic mass is 19.1. The second-order valence-corrected chi connectivity index (χ2v) is 4.33. The molecule has 6 heteroatoms. The van der Waals surface area contributed by atoms with E-state index in [0.717, 1.165) is 11.4 Å². The molecule has 0 amide bonds. The van der Waals surface area contributed by atoms with E-state index >= 15 is 0 Å². The summed E-state index contributed by atoms with van der Waals surface area (Å²) in [5.41, 5.74) is 5.14. The van der Waals surface area contributed by atoms with Crippen molar-refractivity contribution in [3.05, 3.63) is 47.0 Å². The number of nitrogens with one attached hydrogen (secondary N) is 1. The second kappa shape index (κ2) is 5.38. The van der Waals surface area contributed by atoms with Crippen LogP contribution in [0.3, 0.4) is 0 Å². The van der Waals surface area contributed by atoms with Crippen molar-refractivity contribution < 1.29 is 9.13 Å². The summed E-state index contributed by atoms with van der Waals surface area (Å²) < 4.78 is 20.4. The number of hydrogen-bond acceptors (Lipinski definition) is 4. The van der Waals surface area contributed by atoms with Crippen molar-refractivity contribution in [3.8, 4) is 5.75 Å². The number of ether oxygens (including phenoxy) is 1. The average molecular weight is 264 g/mol. The third-order valence-electron chi connectivity index (χ3n) is 3.01. The molecule has 0 fully saturated rings. The molecule has 1 unspecified atom stereocenters. The summed E-state index contributed by atoms with van der Waals surface area (Å²) in [7, 11) is 3.26. The molecule has 1 heterocycles. The Hall–Kier alpha value is -1.92. The molecule has 0 bridgehead atoms. The Bertz CT molecular complexity index is 582. The summed E-state index contributed by atoms with van der Waals surface area (Å²) in [6, 6.07) is 6.34. The van der Waals surface area contributed by atoms with Crippen molar-refractivity contribution >= 4 is 0 Å². The van der Waals surface area contributed by atoms with Crippen molar-refractivity contribution in [2.45, 2.75) is 13.0 Å². The predicted molar refractivity (Wildman–Crippen MR) is 70.1 cm³/mol. The van der Waals surface area contributed by atoms with Crippen LogP contribution in [0, 0.1) is 12.7 Å². The molecule has 0 radical (unpaired) electrons. The van der Waals surface area contributed by atoms with Crippen molar-refractivity contribution in [3.63, 3.8) is 0 Å². The van der Waals surface area contributed by atoms with Crippen LogP contribution in [0.15, 0.2) is 24.3 Å². The normalized spacial score (nSPS) is 12.5. The first kappa shape index (κ1) is 13.5. The topological polar surface area (TPSA) is 65.1 Å². The summed E-state index contributed by atoms with van der Waals surface area (Å²) in [6.07, 6.45) is 0. The second-order valence-electron chi connectivity index (χ2n) is 4.33. The molecule has 2 aromatic rings. The number of halogens is 1. The first-order valence-corrected chi connectivity index (χ1v) is 5.87. The van der Waals surface area contributed by atoms with Crippen LogP contribution < -0.4 is 16.0 Å². The Morgan fingerprint density at radius 1 is 1.42 bits per heavy atom. The number of hydrazine groups is 1. The smallest absolute Gasteiger partial charge is 0.165 e. The zero-order valence-corrected chi connectivity index (χ0v) is 11.1. The van der Waals surface area contributed by atoms with Gasteiger partial charge in [0.25, 0.3) is 0 Å². The van der Waals surface area contributed by atoms with E-state index in [1.165, 1.54) is 13.2 Å². The van der Waals surface area contributed by atoms with Gasteiger partial charge in [0.1, 0.15) is 0 Å². The largest absolute Gasteiger partial charge is 0.494 e. The van der Waals surface area contributed by atoms with E-state index in [9.17, 15) is 4.39 Å². The quantitative estimate of drug-likeness (QED) is 0.647. The van der Waals surface area contributed by atoms with Gasteiger partial charge in [-0.15, -0.1) is 0 Å². The number of aryl methyl sites for hydroxylation is 2. The summed E-state index contributed by atoms with van der Waals surface area (Å²) in [5, 5.41) is 4.26. The fraction of sp³-hybridized carbons (Fsp3) is 0.308. The van der Waals surface area contributed by atoms with Gasteiger partial charge < -0.3 is 4.74 Å². The van der Waals surface area contributed by atoms with Crippen LogP contribution in [0.4, 0.5) is 4.39 Å². The Balaban J connectivity index is 2.42. The first-order valence-electron chi connectivity index (χ1n) is 5.87. The molecular weight excluding hydrogens is 247 g/mol. The van der Waals surface area contributed by atoms with Crippen molar-refractivity contribution in [2.24, 2.45) is 12.9 Å². The van der Waals surface area contributed by atoms with E-state index in [-0.39, 0.29) is 11.8 Å². The van der Waals surface area contributed by atoms with Gasteiger partial charge in [0.15, 0.2) is 11.6 Å². The third kappa shape index (κ3) is 2.59. The molecule has 102 valence electrons. The maximum atomic E-state index is 13.8. The van der Waals surface area contributed by atoms with Gasteiger partial charge in [-0.2, -0.15) is 5.10 Å². The van der Waals surface area contributed by atoms with E-state index in [1.807, 2.05) is 20.0 Å². The summed E-state index contributed by atoms with van der Waals surface area (Å²) in [4.78, 5) is 0. The SMILES string of the molecule is COc1ccc(C(NN)c2cc(C)nn2C)cc1F. The number of nitrogens with two attached hydrogens (primary N) is 1. The van der Waals surface area contributed by atoms with E-state index in [4.69, 9.17) is 10.6 Å². The first-order chi connectivity index (χ1) is 9.06. The lowest BCUT2D eigenvalue weighted by molar-refractivity contribution is 0.385. The lowest BCUT2D eigenvalue weighted by Crippen LogP contribution is -2.30. The van der Waals surface area contributed by atoms with Gasteiger partial charge in [-0.1, -0.05) is 6.07 Å². The van der Waals surface area contributed by atoms with Crippen LogP contribution in [0.1, 0.15) is 23.0 Å². The summed E-state index contributed by atoms with van der Waals surface area (Å²) >= 11 is 0. The highest BCUT2D eigenvalue weighted by Gasteiger charge is 2.18. The monoisotopic (exact) mass is 264 g/mol. The van der Waals surface area contributed by atoms with Crippen LogP contribution >= 0.6 is 0 Å². The van der Waals surface area contributed by atoms with Crippen LogP contribution in [-0.4, -0.2) is 16.9 Å². The van der Waals surface area contributed by atoms with Crippen LogP contribution in [-0.2, 0) is 7.05 Å². The standard InChI is InChI=1S/C13H17FN4O/c1-8-6-11(18(2)17-8)13(16-15)9-4-5-12(19-3)10(14)7-9/h4-7,13,16H,15H2,1-3H3. The molecule has 1 aromatic carbocycles. The number of benzene rings is 1. The Morgan fingerprint density at radius 3 is 2.63 bits per heavy atom. The molecule has 0 aliphatic heterocycles. The molecule has 1 atom stereocenters. The van der Waals surface area contributed by atoms with Crippen molar-refractivity contribution in [2.75, 3.05) is 7.11 Å². The number of nitrogens with zero attached hydrogens (tertiary/aromatic N) is 2. The minimum Gasteiger partial charge on any atom is -0.494 e. The number of aromatic nitrogens is 2. The van der Waals surface area contributed by atoms with Gasteiger partial charge in [-0.05, 0) is 30.7 Å². The highest BCUT2D eigenvalue weighted by Crippen LogP contribution is 2.26. The fourth-order valence-corrected chi connectivity index (χ4v) is 2.12. The molecule has 0 aliphatic carbocycles. The van der Waals surface area contributed by atoms with Crippen LogP contribution in [0.25, 0.3) is 0 Å². The third-order valence-corrected chi connectivity index (χ3v) is 3.01. The number of rotatable bonds is 4. The van der Waals surface area contributed by atoms with Crippen LogP contribution in [0.5, 0.6) is 5.75 Å². The van der Waals surface area contributed by atoms with Crippen molar-refractivity contribution in [1.29, 1.82) is 0 Å². The van der Waals surface area contributed by atoms with Gasteiger partial charge in [-0.25, -0.2) is 9.82 Å². The predicted octanol–water partition coefficient (Wildman–Crippen LogP) is 1.43. The Labute approximate surface area is 111 Å². The molecule has 0 spiro atoms. The van der Waals surface area contributed by atoms with Crippen LogP contribution in [0.2, 0.25) is 0 Å². The molecule has 3 N–H and O–H groups in total. The van der Waals surface area contributed by atoms with E-state index < -0.39 is 5.82 Å². The zero-order valence-electron chi connectivity index (χ0n) is 11.1. The van der Waals surface area contributed by atoms with Gasteiger partial charge in [0.2, 0.25) is 0 Å². The van der Waals surface area contributed by atoms with Gasteiger partial charge in [0.05, 0.1) is 24.5 Å². The number of hydrogen-bond donors (Lipinski definition) is 2. The fourth-order valence-electron chi connectivity index (χ4n) is 2.12. The molecule has 0 aliphatic rings. The van der Waals surface area contributed by atoms with E-state index in [1.54, 1.807) is 16.8 Å². The maximum Gasteiger partial charge on any atom is 0.165 e. The average Bonchev–Trinajstić information content (AvgIpc) is 2.70. The molecule has 19 heavy (non-hydrogen) atoms. The molecule has 0 saturated heterocycles. The lowest BCUT2D eigenvalue weighted by atomic mass is 10.0. The summed E-state index contributed by atoms with van der Waals surface area (Å²) in [5.74, 6) is 5.38. The summed E-state index contributed by atoms with van der Waals surface area (Å²) in [6.45, 7) is 1.89. The zero-order chi connectivity index (χ0) is 14.0. The van der Waals surface area contributed by atoms with E-state index in [0.29, 0.717) is 5.56 Å². The van der Waals surface area contributed by atoms with Gasteiger partial charge in [-0.3, -0.25) is 10.5 Å². The van der Waals surface area contributed by atoms with Crippen molar-refractivity contribution in [1.82, 2.24) is 15.2 Å². The maximum absolute atomic E-state index is 13.8. The lowest BCUT2D eigenvalue weighted by Gasteiger charge is -2.17. The van der Waals surface area contributed by atoms with E-state index in [2.05, 4.69) is 10.5 Å². The molecule has 0 saturated carbocycles.